The van der Waals surface area contributed by atoms with Crippen LogP contribution in [0.25, 0.3) is 11.3 Å². The highest BCUT2D eigenvalue weighted by Crippen LogP contribution is 2.33. The van der Waals surface area contributed by atoms with Crippen LogP contribution in [0, 0.1) is 0 Å². The fraction of sp³-hybridized carbons (Fsp3) is 0.222. The molecule has 34 heavy (non-hydrogen) atoms. The molecule has 172 valence electrons. The van der Waals surface area contributed by atoms with Crippen molar-refractivity contribution in [1.82, 2.24) is 14.5 Å². The van der Waals surface area contributed by atoms with E-state index in [0.717, 1.165) is 12.0 Å². The Kier molecular flexibility index (Phi) is 6.10. The minimum atomic E-state index is -0.114. The first-order chi connectivity index (χ1) is 16.6. The van der Waals surface area contributed by atoms with Crippen LogP contribution in [-0.4, -0.2) is 27.1 Å². The maximum atomic E-state index is 13.7. The van der Waals surface area contributed by atoms with Crippen LogP contribution >= 0.6 is 0 Å². The Balaban J connectivity index is 1.46. The number of fused-ring (bicyclic) bond motifs is 1. The molecule has 0 bridgehead atoms. The van der Waals surface area contributed by atoms with Gasteiger partial charge in [-0.2, -0.15) is 0 Å². The van der Waals surface area contributed by atoms with Gasteiger partial charge in [0.05, 0.1) is 0 Å². The Labute approximate surface area is 198 Å². The molecule has 3 heterocycles. The fourth-order valence-electron chi connectivity index (χ4n) is 4.45. The summed E-state index contributed by atoms with van der Waals surface area (Å²) in [6, 6.07) is 22.1. The second kappa shape index (κ2) is 9.49. The van der Waals surface area contributed by atoms with Crippen LogP contribution in [0.3, 0.4) is 0 Å². The lowest BCUT2D eigenvalue weighted by molar-refractivity contribution is 0.686. The number of anilines is 2. The molecule has 1 atom stereocenters. The fourth-order valence-corrected chi connectivity index (χ4v) is 4.45. The molecule has 7 heteroatoms. The van der Waals surface area contributed by atoms with Gasteiger partial charge in [-0.3, -0.25) is 14.3 Å². The van der Waals surface area contributed by atoms with Gasteiger partial charge in [0, 0.05) is 50.7 Å². The number of pyridine rings is 1. The number of nitrogens with one attached hydrogen (secondary N) is 1. The number of aromatic nitrogens is 3. The molecule has 0 spiro atoms. The Morgan fingerprint density at radius 1 is 0.971 bits per heavy atom. The van der Waals surface area contributed by atoms with E-state index in [-0.39, 0.29) is 11.6 Å². The zero-order valence-electron chi connectivity index (χ0n) is 19.2. The topological polar surface area (TPSA) is 89.1 Å². The van der Waals surface area contributed by atoms with E-state index in [9.17, 15) is 4.79 Å². The van der Waals surface area contributed by atoms with Crippen LogP contribution in [0.15, 0.2) is 83.9 Å². The first kappa shape index (κ1) is 21.9. The van der Waals surface area contributed by atoms with E-state index in [1.807, 2.05) is 42.5 Å². The van der Waals surface area contributed by atoms with E-state index in [4.69, 9.17) is 10.7 Å². The molecule has 1 aliphatic heterocycles. The van der Waals surface area contributed by atoms with Gasteiger partial charge in [-0.1, -0.05) is 54.6 Å². The third kappa shape index (κ3) is 4.43. The predicted molar refractivity (Wildman–Crippen MR) is 136 cm³/mol. The van der Waals surface area contributed by atoms with Gasteiger partial charge in [0.25, 0.3) is 5.56 Å². The van der Waals surface area contributed by atoms with Crippen LogP contribution in [-0.2, 0) is 26.6 Å². The molecule has 7 nitrogen and oxygen atoms in total. The van der Waals surface area contributed by atoms with Crippen molar-refractivity contribution in [3.05, 3.63) is 106 Å². The quantitative estimate of drug-likeness (QED) is 0.447. The molecule has 0 unspecified atom stereocenters. The number of hydrogen-bond acceptors (Lipinski definition) is 6. The molecule has 0 saturated heterocycles. The highest BCUT2D eigenvalue weighted by molar-refractivity contribution is 5.76. The van der Waals surface area contributed by atoms with Gasteiger partial charge in [0.2, 0.25) is 5.95 Å². The minimum Gasteiger partial charge on any atom is -0.357 e. The van der Waals surface area contributed by atoms with E-state index in [1.165, 1.54) is 16.7 Å². The van der Waals surface area contributed by atoms with Crippen molar-refractivity contribution in [2.75, 3.05) is 16.8 Å². The number of nitrogens with zero attached hydrogens (tertiary/aromatic N) is 4. The van der Waals surface area contributed by atoms with Gasteiger partial charge in [0.15, 0.2) is 0 Å². The van der Waals surface area contributed by atoms with Crippen molar-refractivity contribution in [3.8, 4) is 11.3 Å². The van der Waals surface area contributed by atoms with Crippen LogP contribution in [0.4, 0.5) is 11.6 Å². The van der Waals surface area contributed by atoms with Gasteiger partial charge in [-0.15, -0.1) is 0 Å². The van der Waals surface area contributed by atoms with E-state index in [2.05, 4.69) is 39.5 Å². The summed E-state index contributed by atoms with van der Waals surface area (Å²) >= 11 is 0. The lowest BCUT2D eigenvalue weighted by Gasteiger charge is -2.23. The summed E-state index contributed by atoms with van der Waals surface area (Å²) in [5, 5.41) is 3.31. The summed E-state index contributed by atoms with van der Waals surface area (Å²) in [6.45, 7) is 1.86. The van der Waals surface area contributed by atoms with Crippen LogP contribution in [0.1, 0.15) is 16.7 Å². The van der Waals surface area contributed by atoms with Gasteiger partial charge < -0.3 is 16.0 Å². The van der Waals surface area contributed by atoms with Crippen molar-refractivity contribution in [3.63, 3.8) is 0 Å². The molecule has 0 aliphatic carbocycles. The third-order valence-corrected chi connectivity index (χ3v) is 6.24. The van der Waals surface area contributed by atoms with Crippen molar-refractivity contribution in [1.29, 1.82) is 0 Å². The van der Waals surface area contributed by atoms with Crippen molar-refractivity contribution in [2.45, 2.75) is 25.6 Å². The Morgan fingerprint density at radius 2 is 1.62 bits per heavy atom. The first-order valence-electron chi connectivity index (χ1n) is 11.5. The molecular formula is C27H28N6O. The van der Waals surface area contributed by atoms with Crippen molar-refractivity contribution < 1.29 is 0 Å². The number of hydrogen-bond donors (Lipinski definition) is 2. The number of benzene rings is 2. The van der Waals surface area contributed by atoms with E-state index >= 15 is 0 Å². The van der Waals surface area contributed by atoms with Crippen molar-refractivity contribution >= 4 is 11.6 Å². The molecular weight excluding hydrogens is 424 g/mol. The maximum Gasteiger partial charge on any atom is 0.278 e. The molecule has 4 aromatic rings. The molecule has 2 aromatic heterocycles. The molecule has 0 fully saturated rings. The maximum absolute atomic E-state index is 13.7. The smallest absolute Gasteiger partial charge is 0.278 e. The number of rotatable bonds is 7. The SMILES string of the molecule is Cn1c(NC[C@H](N)Cc2ccccc2)nc(-c2ccncc2)c(N2Cc3ccccc3C2)c1=O. The molecule has 5 rings (SSSR count). The molecule has 0 radical (unpaired) electrons. The standard InChI is InChI=1S/C27H28N6O/c1-32-26(34)25(33-17-21-9-5-6-10-22(21)18-33)24(20-11-13-29-14-12-20)31-27(32)30-16-23(28)15-19-7-3-2-4-8-19/h2-14,23H,15-18,28H2,1H3,(H,30,31)/t23-/m1/s1. The zero-order valence-corrected chi connectivity index (χ0v) is 19.2. The Hall–Kier alpha value is -3.97. The largest absolute Gasteiger partial charge is 0.357 e. The monoisotopic (exact) mass is 452 g/mol. The van der Waals surface area contributed by atoms with Crippen LogP contribution in [0.2, 0.25) is 0 Å². The highest BCUT2D eigenvalue weighted by atomic mass is 16.1. The summed E-state index contributed by atoms with van der Waals surface area (Å²) < 4.78 is 1.58. The first-order valence-corrected chi connectivity index (χ1v) is 11.5. The Bertz CT molecular complexity index is 1310. The lowest BCUT2D eigenvalue weighted by Crippen LogP contribution is -2.35. The van der Waals surface area contributed by atoms with Crippen LogP contribution in [0.5, 0.6) is 0 Å². The summed E-state index contributed by atoms with van der Waals surface area (Å²) in [7, 11) is 1.75. The second-order valence-electron chi connectivity index (χ2n) is 8.69. The molecule has 1 aliphatic rings. The van der Waals surface area contributed by atoms with Gasteiger partial charge >= 0.3 is 0 Å². The normalized spacial score (nSPS) is 13.5. The average Bonchev–Trinajstić information content (AvgIpc) is 3.29. The summed E-state index contributed by atoms with van der Waals surface area (Å²) in [5.74, 6) is 0.501. The third-order valence-electron chi connectivity index (χ3n) is 6.24. The minimum absolute atomic E-state index is 0.0891. The highest BCUT2D eigenvalue weighted by Gasteiger charge is 2.26. The van der Waals surface area contributed by atoms with Gasteiger partial charge in [-0.25, -0.2) is 4.98 Å². The average molecular weight is 453 g/mol. The van der Waals surface area contributed by atoms with Crippen LogP contribution < -0.4 is 21.5 Å². The molecule has 0 amide bonds. The summed E-state index contributed by atoms with van der Waals surface area (Å²) in [6.07, 6.45) is 4.18. The van der Waals surface area contributed by atoms with Gasteiger partial charge in [0.1, 0.15) is 11.4 Å². The molecule has 2 aromatic carbocycles. The number of nitrogens with two attached hydrogens (primary N) is 1. The zero-order chi connectivity index (χ0) is 23.5. The summed E-state index contributed by atoms with van der Waals surface area (Å²) in [5.41, 5.74) is 12.0. The van der Waals surface area contributed by atoms with E-state index in [1.54, 1.807) is 24.0 Å². The van der Waals surface area contributed by atoms with E-state index < -0.39 is 0 Å². The molecule has 0 saturated carbocycles. The Morgan fingerprint density at radius 3 is 2.29 bits per heavy atom. The lowest BCUT2D eigenvalue weighted by atomic mass is 10.1. The summed E-state index contributed by atoms with van der Waals surface area (Å²) in [4.78, 5) is 24.8. The van der Waals surface area contributed by atoms with E-state index in [0.29, 0.717) is 37.0 Å². The van der Waals surface area contributed by atoms with Gasteiger partial charge in [-0.05, 0) is 35.2 Å². The predicted octanol–water partition coefficient (Wildman–Crippen LogP) is 3.34. The van der Waals surface area contributed by atoms with Crippen molar-refractivity contribution in [2.24, 2.45) is 12.8 Å². The second-order valence-corrected chi connectivity index (χ2v) is 8.69. The molecule has 3 N–H and O–H groups in total.